The van der Waals surface area contributed by atoms with Gasteiger partial charge in [0, 0.05) is 56.1 Å². The third-order valence-electron chi connectivity index (χ3n) is 8.06. The summed E-state index contributed by atoms with van der Waals surface area (Å²) in [6.45, 7) is 2.49. The molecule has 0 saturated carbocycles. The van der Waals surface area contributed by atoms with Crippen molar-refractivity contribution >= 4 is 23.6 Å². The van der Waals surface area contributed by atoms with Crippen LogP contribution in [0.15, 0.2) is 90.3 Å². The van der Waals surface area contributed by atoms with E-state index in [-0.39, 0.29) is 43.5 Å². The molecule has 5 rings (SSSR count). The first kappa shape index (κ1) is 32.4. The molecule has 0 bridgehead atoms. The molecule has 4 unspecified atom stereocenters. The summed E-state index contributed by atoms with van der Waals surface area (Å²) in [6.07, 6.45) is 3.30. The lowest BCUT2D eigenvalue weighted by Crippen LogP contribution is -2.38. The van der Waals surface area contributed by atoms with E-state index in [4.69, 9.17) is 14.6 Å². The van der Waals surface area contributed by atoms with E-state index in [1.165, 1.54) is 0 Å². The van der Waals surface area contributed by atoms with Gasteiger partial charge in [0.1, 0.15) is 0 Å². The van der Waals surface area contributed by atoms with Crippen molar-refractivity contribution in [2.24, 2.45) is 13.0 Å². The number of aliphatic hydroxyl groups is 1. The predicted octanol–water partition coefficient (Wildman–Crippen LogP) is 6.03. The highest BCUT2D eigenvalue weighted by atomic mass is 32.2. The van der Waals surface area contributed by atoms with Crippen molar-refractivity contribution in [3.63, 3.8) is 0 Å². The van der Waals surface area contributed by atoms with E-state index in [0.717, 1.165) is 38.5 Å². The van der Waals surface area contributed by atoms with Crippen LogP contribution in [0.4, 0.5) is 0 Å². The number of amides is 1. The van der Waals surface area contributed by atoms with E-state index >= 15 is 0 Å². The average Bonchev–Trinajstić information content (AvgIpc) is 3.47. The highest BCUT2D eigenvalue weighted by Gasteiger charge is 2.38. The number of aromatic nitrogens is 2. The molecule has 236 valence electrons. The Morgan fingerprint density at radius 2 is 1.71 bits per heavy atom. The van der Waals surface area contributed by atoms with Crippen LogP contribution in [0.2, 0.25) is 0 Å². The third kappa shape index (κ3) is 8.40. The van der Waals surface area contributed by atoms with Gasteiger partial charge in [-0.25, -0.2) is 4.98 Å². The van der Waals surface area contributed by atoms with E-state index in [0.29, 0.717) is 18.7 Å². The van der Waals surface area contributed by atoms with Crippen molar-refractivity contribution in [2.45, 2.75) is 63.0 Å². The molecule has 1 saturated heterocycles. The van der Waals surface area contributed by atoms with Crippen LogP contribution < -0.4 is 5.32 Å². The second kappa shape index (κ2) is 15.4. The van der Waals surface area contributed by atoms with Crippen LogP contribution in [0, 0.1) is 5.92 Å². The van der Waals surface area contributed by atoms with Crippen LogP contribution >= 0.6 is 11.8 Å². The van der Waals surface area contributed by atoms with Gasteiger partial charge in [-0.05, 0) is 34.2 Å². The Morgan fingerprint density at radius 3 is 2.40 bits per heavy atom. The molecule has 1 fully saturated rings. The Labute approximate surface area is 267 Å². The zero-order chi connectivity index (χ0) is 31.8. The number of rotatable bonds is 13. The number of ether oxygens (including phenoxy) is 2. The van der Waals surface area contributed by atoms with Crippen LogP contribution in [0.1, 0.15) is 60.8 Å². The lowest BCUT2D eigenvalue weighted by Gasteiger charge is -2.41. The SMILES string of the molecule is CC1C(CSc2nccn2C)OC(c2ccc(-c3ccccc3CNC(=O)CCCC(=O)O)cc2)OC1c1ccc(CO)cc1. The van der Waals surface area contributed by atoms with Gasteiger partial charge in [0.05, 0.1) is 18.8 Å². The van der Waals surface area contributed by atoms with Crippen LogP contribution in [0.5, 0.6) is 0 Å². The standard InChI is InChI=1S/C35H39N3O6S/c1-23-30(22-45-35-36-18-19-38(35)2)43-34(44-33(23)26-12-10-24(21-39)11-13-26)27-16-14-25(15-17-27)29-7-4-3-6-28(29)20-37-31(40)8-5-9-32(41)42/h3-4,6-7,10-19,23,30,33-34,39H,5,8-9,20-22H2,1-2H3,(H,37,40)(H,41,42). The summed E-state index contributed by atoms with van der Waals surface area (Å²) < 4.78 is 15.2. The summed E-state index contributed by atoms with van der Waals surface area (Å²) in [5, 5.41) is 22.2. The van der Waals surface area contributed by atoms with Crippen molar-refractivity contribution < 1.29 is 29.3 Å². The van der Waals surface area contributed by atoms with E-state index in [9.17, 15) is 14.7 Å². The normalized spacial score (nSPS) is 19.7. The molecule has 1 aliphatic heterocycles. The smallest absolute Gasteiger partial charge is 0.303 e. The molecule has 4 atom stereocenters. The summed E-state index contributed by atoms with van der Waals surface area (Å²) in [5.41, 5.74) is 5.75. The largest absolute Gasteiger partial charge is 0.481 e. The Bertz CT molecular complexity index is 1570. The molecule has 3 N–H and O–H groups in total. The van der Waals surface area contributed by atoms with E-state index < -0.39 is 12.3 Å². The first-order chi connectivity index (χ1) is 21.8. The summed E-state index contributed by atoms with van der Waals surface area (Å²) in [7, 11) is 1.98. The quantitative estimate of drug-likeness (QED) is 0.153. The van der Waals surface area contributed by atoms with Crippen molar-refractivity contribution in [3.8, 4) is 11.1 Å². The number of carbonyl (C=O) groups excluding carboxylic acids is 1. The topological polar surface area (TPSA) is 123 Å². The molecule has 4 aromatic rings. The number of aryl methyl sites for hydroxylation is 1. The fourth-order valence-electron chi connectivity index (χ4n) is 5.42. The molecule has 9 nitrogen and oxygen atoms in total. The Morgan fingerprint density at radius 1 is 0.978 bits per heavy atom. The summed E-state index contributed by atoms with van der Waals surface area (Å²) in [5.74, 6) is -0.288. The predicted molar refractivity (Wildman–Crippen MR) is 172 cm³/mol. The molecular formula is C35H39N3O6S. The molecule has 3 aromatic carbocycles. The Kier molecular flexibility index (Phi) is 11.1. The monoisotopic (exact) mass is 629 g/mol. The maximum atomic E-state index is 12.3. The number of carbonyl (C=O) groups is 2. The minimum Gasteiger partial charge on any atom is -0.481 e. The number of carboxylic acids is 1. The van der Waals surface area contributed by atoms with E-state index in [1.54, 1.807) is 18.0 Å². The third-order valence-corrected chi connectivity index (χ3v) is 9.21. The van der Waals surface area contributed by atoms with Crippen LogP contribution in [-0.2, 0) is 39.3 Å². The van der Waals surface area contributed by atoms with Gasteiger partial charge in [0.15, 0.2) is 11.4 Å². The van der Waals surface area contributed by atoms with Gasteiger partial charge in [-0.15, -0.1) is 0 Å². The lowest BCUT2D eigenvalue weighted by atomic mass is 9.91. The number of imidazole rings is 1. The van der Waals surface area contributed by atoms with Gasteiger partial charge in [-0.1, -0.05) is 91.5 Å². The highest BCUT2D eigenvalue weighted by molar-refractivity contribution is 7.99. The van der Waals surface area contributed by atoms with Crippen LogP contribution in [-0.4, -0.2) is 43.5 Å². The molecule has 1 aromatic heterocycles. The number of carboxylic acid groups (broad SMARTS) is 1. The second-order valence-electron chi connectivity index (χ2n) is 11.3. The zero-order valence-electron chi connectivity index (χ0n) is 25.5. The summed E-state index contributed by atoms with van der Waals surface area (Å²) in [6, 6.07) is 23.9. The number of benzene rings is 3. The first-order valence-electron chi connectivity index (χ1n) is 15.1. The first-order valence-corrected chi connectivity index (χ1v) is 16.1. The average molecular weight is 630 g/mol. The van der Waals surface area contributed by atoms with Gasteiger partial charge >= 0.3 is 5.97 Å². The Hall–Kier alpha value is -3.96. The van der Waals surface area contributed by atoms with E-state index in [2.05, 4.69) is 17.2 Å². The van der Waals surface area contributed by atoms with Crippen molar-refractivity contribution in [2.75, 3.05) is 5.75 Å². The molecule has 2 heterocycles. The van der Waals surface area contributed by atoms with Gasteiger partial charge in [-0.3, -0.25) is 9.59 Å². The number of thioether (sulfide) groups is 1. The number of nitrogens with one attached hydrogen (secondary N) is 1. The molecule has 0 radical (unpaired) electrons. The molecule has 0 aliphatic carbocycles. The number of hydrogen-bond acceptors (Lipinski definition) is 7. The van der Waals surface area contributed by atoms with Crippen molar-refractivity contribution in [1.82, 2.24) is 14.9 Å². The Balaban J connectivity index is 1.32. The number of aliphatic carboxylic acids is 1. The number of aliphatic hydroxyl groups excluding tert-OH is 1. The fraction of sp³-hybridized carbons (Fsp3) is 0.343. The van der Waals surface area contributed by atoms with Gasteiger partial charge in [0.25, 0.3) is 0 Å². The molecule has 0 spiro atoms. The zero-order valence-corrected chi connectivity index (χ0v) is 26.3. The maximum absolute atomic E-state index is 12.3. The van der Waals surface area contributed by atoms with Gasteiger partial charge in [0.2, 0.25) is 5.91 Å². The lowest BCUT2D eigenvalue weighted by molar-refractivity contribution is -0.268. The number of nitrogens with zero attached hydrogens (tertiary/aromatic N) is 2. The fourth-order valence-corrected chi connectivity index (χ4v) is 6.51. The summed E-state index contributed by atoms with van der Waals surface area (Å²) >= 11 is 1.66. The van der Waals surface area contributed by atoms with Crippen molar-refractivity contribution in [3.05, 3.63) is 107 Å². The summed E-state index contributed by atoms with van der Waals surface area (Å²) in [4.78, 5) is 27.5. The molecular weight excluding hydrogens is 590 g/mol. The molecule has 10 heteroatoms. The molecule has 1 amide bonds. The van der Waals surface area contributed by atoms with Crippen LogP contribution in [0.3, 0.4) is 0 Å². The minimum absolute atomic E-state index is 0.00926. The highest BCUT2D eigenvalue weighted by Crippen LogP contribution is 2.43. The van der Waals surface area contributed by atoms with Gasteiger partial charge < -0.3 is 29.6 Å². The molecule has 1 aliphatic rings. The van der Waals surface area contributed by atoms with Crippen LogP contribution in [0.25, 0.3) is 11.1 Å². The van der Waals surface area contributed by atoms with Crippen molar-refractivity contribution in [1.29, 1.82) is 0 Å². The number of hydrogen-bond donors (Lipinski definition) is 3. The molecule has 45 heavy (non-hydrogen) atoms. The minimum atomic E-state index is -0.902. The maximum Gasteiger partial charge on any atom is 0.303 e. The van der Waals surface area contributed by atoms with E-state index in [1.807, 2.05) is 90.6 Å². The van der Waals surface area contributed by atoms with Gasteiger partial charge in [-0.2, -0.15) is 0 Å². The second-order valence-corrected chi connectivity index (χ2v) is 12.2.